The van der Waals surface area contributed by atoms with Crippen molar-refractivity contribution in [1.82, 2.24) is 9.80 Å². The van der Waals surface area contributed by atoms with Crippen molar-refractivity contribution in [3.8, 4) is 0 Å². The van der Waals surface area contributed by atoms with E-state index in [0.29, 0.717) is 94.3 Å². The first-order valence-corrected chi connectivity index (χ1v) is 16.1. The standard InChI is InChI=1S/C32H32N4O6S2/c37-23(19-35-11-15-41-16-12-35)33-26-25-27(34-24(38)20-36-13-17-42-18-14-36)31(29(40)22-9-5-2-6-10-22)44-32(25)43-30(26)28(39)21-7-3-1-4-8-21/h1-10H,11-20H2,(H,33,37)(H,34,38). The van der Waals surface area contributed by atoms with E-state index in [9.17, 15) is 19.2 Å². The molecule has 228 valence electrons. The van der Waals surface area contributed by atoms with Crippen LogP contribution in [-0.4, -0.2) is 98.9 Å². The van der Waals surface area contributed by atoms with E-state index in [0.717, 1.165) is 0 Å². The van der Waals surface area contributed by atoms with Crippen LogP contribution in [0.15, 0.2) is 60.7 Å². The maximum absolute atomic E-state index is 13.8. The Kier molecular flexibility index (Phi) is 9.55. The summed E-state index contributed by atoms with van der Waals surface area (Å²) >= 11 is 2.43. The lowest BCUT2D eigenvalue weighted by atomic mass is 10.1. The minimum absolute atomic E-state index is 0.123. The lowest BCUT2D eigenvalue weighted by molar-refractivity contribution is -0.119. The molecule has 2 aromatic heterocycles. The van der Waals surface area contributed by atoms with E-state index in [1.807, 2.05) is 21.9 Å². The highest BCUT2D eigenvalue weighted by atomic mass is 32.2. The molecule has 0 radical (unpaired) electrons. The summed E-state index contributed by atoms with van der Waals surface area (Å²) in [6.07, 6.45) is 0. The van der Waals surface area contributed by atoms with Gasteiger partial charge in [0.05, 0.1) is 60.3 Å². The van der Waals surface area contributed by atoms with Crippen molar-refractivity contribution in [2.24, 2.45) is 0 Å². The average Bonchev–Trinajstić information content (AvgIpc) is 3.58. The van der Waals surface area contributed by atoms with Gasteiger partial charge in [0.15, 0.2) is 0 Å². The molecule has 2 amide bonds. The fourth-order valence-corrected chi connectivity index (χ4v) is 7.83. The first-order chi connectivity index (χ1) is 21.5. The molecule has 0 atom stereocenters. The number of ketones is 2. The van der Waals surface area contributed by atoms with Crippen molar-refractivity contribution in [3.05, 3.63) is 81.5 Å². The Morgan fingerprint density at radius 1 is 0.614 bits per heavy atom. The van der Waals surface area contributed by atoms with E-state index in [-0.39, 0.29) is 36.5 Å². The number of ether oxygens (including phenoxy) is 2. The third-order valence-electron chi connectivity index (χ3n) is 7.50. The second kappa shape index (κ2) is 13.9. The number of nitrogens with zero attached hydrogens (tertiary/aromatic N) is 2. The van der Waals surface area contributed by atoms with E-state index in [1.54, 1.807) is 48.5 Å². The predicted molar refractivity (Wildman–Crippen MR) is 171 cm³/mol. The van der Waals surface area contributed by atoms with Gasteiger partial charge >= 0.3 is 0 Å². The molecule has 2 aliphatic heterocycles. The summed E-state index contributed by atoms with van der Waals surface area (Å²) in [5.74, 6) is -1.08. The Morgan fingerprint density at radius 3 is 1.39 bits per heavy atom. The van der Waals surface area contributed by atoms with Crippen LogP contribution in [-0.2, 0) is 19.1 Å². The lowest BCUT2D eigenvalue weighted by Crippen LogP contribution is -2.41. The van der Waals surface area contributed by atoms with Crippen molar-refractivity contribution in [1.29, 1.82) is 0 Å². The molecule has 2 aliphatic rings. The van der Waals surface area contributed by atoms with Crippen LogP contribution in [0.3, 0.4) is 0 Å². The zero-order chi connectivity index (χ0) is 30.5. The topological polar surface area (TPSA) is 117 Å². The largest absolute Gasteiger partial charge is 0.379 e. The van der Waals surface area contributed by atoms with Crippen molar-refractivity contribution < 1.29 is 28.7 Å². The molecule has 0 saturated carbocycles. The third kappa shape index (κ3) is 6.80. The fraction of sp³-hybridized carbons (Fsp3) is 0.312. The molecule has 0 aliphatic carbocycles. The maximum Gasteiger partial charge on any atom is 0.238 e. The van der Waals surface area contributed by atoms with E-state index < -0.39 is 0 Å². The number of fused-ring (bicyclic) bond motifs is 1. The van der Waals surface area contributed by atoms with Gasteiger partial charge in [-0.1, -0.05) is 60.7 Å². The summed E-state index contributed by atoms with van der Waals surface area (Å²) < 4.78 is 11.5. The Labute approximate surface area is 262 Å². The highest BCUT2D eigenvalue weighted by Crippen LogP contribution is 2.48. The number of benzene rings is 2. The van der Waals surface area contributed by atoms with Gasteiger partial charge in [0, 0.05) is 37.3 Å². The monoisotopic (exact) mass is 632 g/mol. The van der Waals surface area contributed by atoms with Crippen molar-refractivity contribution >= 4 is 66.8 Å². The molecule has 4 heterocycles. The highest BCUT2D eigenvalue weighted by molar-refractivity contribution is 7.40. The van der Waals surface area contributed by atoms with Crippen LogP contribution in [0.1, 0.15) is 30.5 Å². The molecule has 2 N–H and O–H groups in total. The number of carbonyl (C=O) groups excluding carboxylic acids is 4. The second-order valence-electron chi connectivity index (χ2n) is 10.5. The number of carbonyl (C=O) groups is 4. The van der Waals surface area contributed by atoms with Crippen molar-refractivity contribution in [2.45, 2.75) is 0 Å². The van der Waals surface area contributed by atoms with E-state index in [4.69, 9.17) is 9.47 Å². The maximum atomic E-state index is 13.8. The predicted octanol–water partition coefficient (Wildman–Crippen LogP) is 3.97. The van der Waals surface area contributed by atoms with Gasteiger partial charge in [-0.2, -0.15) is 0 Å². The van der Waals surface area contributed by atoms with Gasteiger partial charge in [-0.25, -0.2) is 0 Å². The average molecular weight is 633 g/mol. The summed E-state index contributed by atoms with van der Waals surface area (Å²) in [4.78, 5) is 59.1. The van der Waals surface area contributed by atoms with Crippen LogP contribution in [0.25, 0.3) is 9.40 Å². The van der Waals surface area contributed by atoms with Gasteiger partial charge in [0.1, 0.15) is 9.75 Å². The Hall–Kier alpha value is -3.78. The number of amides is 2. The normalized spacial score (nSPS) is 16.1. The summed E-state index contributed by atoms with van der Waals surface area (Å²) in [6, 6.07) is 17.7. The number of hydrogen-bond acceptors (Lipinski definition) is 10. The van der Waals surface area contributed by atoms with Crippen molar-refractivity contribution in [2.75, 3.05) is 76.3 Å². The van der Waals surface area contributed by atoms with Gasteiger partial charge in [-0.15, -0.1) is 22.7 Å². The first-order valence-electron chi connectivity index (χ1n) is 14.5. The van der Waals surface area contributed by atoms with E-state index in [2.05, 4.69) is 10.6 Å². The number of hydrogen-bond donors (Lipinski definition) is 2. The number of morpholine rings is 2. The molecule has 10 nitrogen and oxygen atoms in total. The molecule has 2 fully saturated rings. The fourth-order valence-electron chi connectivity index (χ4n) is 5.25. The molecular formula is C32H32N4O6S2. The number of thiophene rings is 2. The Bertz CT molecular complexity index is 1540. The number of nitrogens with one attached hydrogen (secondary N) is 2. The van der Waals surface area contributed by atoms with Crippen LogP contribution in [0.4, 0.5) is 11.4 Å². The molecule has 2 saturated heterocycles. The first kappa shape index (κ1) is 30.3. The molecule has 44 heavy (non-hydrogen) atoms. The van der Waals surface area contributed by atoms with Gasteiger partial charge in [0.2, 0.25) is 23.4 Å². The van der Waals surface area contributed by atoms with Gasteiger partial charge in [-0.3, -0.25) is 29.0 Å². The van der Waals surface area contributed by atoms with Crippen molar-refractivity contribution in [3.63, 3.8) is 0 Å². The van der Waals surface area contributed by atoms with Gasteiger partial charge < -0.3 is 20.1 Å². The molecule has 6 rings (SSSR count). The molecule has 0 unspecified atom stereocenters. The molecule has 0 bridgehead atoms. The molecule has 4 aromatic rings. The SMILES string of the molecule is O=C(CN1CCOCC1)Nc1c(C(=O)c2ccccc2)sc2sc(C(=O)c3ccccc3)c(NC(=O)CN3CCOCC3)c12. The van der Waals surface area contributed by atoms with Crippen LogP contribution in [0.2, 0.25) is 0 Å². The third-order valence-corrected chi connectivity index (χ3v) is 9.97. The van der Waals surface area contributed by atoms with Crippen LogP contribution >= 0.6 is 22.7 Å². The lowest BCUT2D eigenvalue weighted by Gasteiger charge is -2.26. The zero-order valence-corrected chi connectivity index (χ0v) is 25.6. The number of rotatable bonds is 10. The number of anilines is 2. The van der Waals surface area contributed by atoms with E-state index >= 15 is 0 Å². The van der Waals surface area contributed by atoms with E-state index in [1.165, 1.54) is 22.7 Å². The van der Waals surface area contributed by atoms with Crippen LogP contribution in [0.5, 0.6) is 0 Å². The molecule has 2 aromatic carbocycles. The smallest absolute Gasteiger partial charge is 0.238 e. The summed E-state index contributed by atoms with van der Waals surface area (Å²) in [7, 11) is 0. The molecule has 0 spiro atoms. The minimum Gasteiger partial charge on any atom is -0.379 e. The molecule has 12 heteroatoms. The summed E-state index contributed by atoms with van der Waals surface area (Å²) in [6.45, 7) is 4.92. The summed E-state index contributed by atoms with van der Waals surface area (Å²) in [5, 5.41) is 6.50. The molecular weight excluding hydrogens is 601 g/mol. The Balaban J connectivity index is 1.43. The minimum atomic E-state index is -0.290. The van der Waals surface area contributed by atoms with Gasteiger partial charge in [-0.05, 0) is 0 Å². The zero-order valence-electron chi connectivity index (χ0n) is 24.0. The quantitative estimate of drug-likeness (QED) is 0.253. The van der Waals surface area contributed by atoms with Crippen LogP contribution < -0.4 is 10.6 Å². The van der Waals surface area contributed by atoms with Crippen LogP contribution in [0, 0.1) is 0 Å². The second-order valence-corrected chi connectivity index (χ2v) is 12.8. The Morgan fingerprint density at radius 2 is 1.00 bits per heavy atom. The highest BCUT2D eigenvalue weighted by Gasteiger charge is 2.31. The summed E-state index contributed by atoms with van der Waals surface area (Å²) in [5.41, 5.74) is 1.57. The van der Waals surface area contributed by atoms with Gasteiger partial charge in [0.25, 0.3) is 0 Å².